The minimum Gasteiger partial charge on any atom is -0.344 e. The van der Waals surface area contributed by atoms with Crippen molar-refractivity contribution >= 4 is 11.6 Å². The van der Waals surface area contributed by atoms with Gasteiger partial charge in [0.1, 0.15) is 6.07 Å². The molecule has 1 fully saturated rings. The van der Waals surface area contributed by atoms with Gasteiger partial charge in [0.25, 0.3) is 0 Å². The van der Waals surface area contributed by atoms with Crippen molar-refractivity contribution in [2.24, 2.45) is 0 Å². The monoisotopic (exact) mass is 230 g/mol. The molecule has 1 aliphatic rings. The molecule has 0 radical (unpaired) electrons. The van der Waals surface area contributed by atoms with Crippen LogP contribution in [0.4, 0.5) is 5.82 Å². The number of ketones is 1. The second-order valence-corrected chi connectivity index (χ2v) is 4.20. The van der Waals surface area contributed by atoms with Crippen LogP contribution in [0, 0.1) is 11.3 Å². The lowest BCUT2D eigenvalue weighted by molar-refractivity contribution is -0.118. The molecule has 5 nitrogen and oxygen atoms in total. The van der Waals surface area contributed by atoms with Gasteiger partial charge in [-0.05, 0) is 32.3 Å². The number of rotatable bonds is 2. The molecular weight excluding hydrogens is 216 g/mol. The topological polar surface area (TPSA) is 69.9 Å². The molecule has 0 aliphatic carbocycles. The third kappa shape index (κ3) is 2.26. The van der Waals surface area contributed by atoms with E-state index < -0.39 is 0 Å². The average molecular weight is 230 g/mol. The van der Waals surface area contributed by atoms with E-state index in [1.807, 2.05) is 4.90 Å². The standard InChI is InChI=1S/C12H14N4O/c1-9(17)11-4-2-3-7-16(11)12-10(8-13)5-6-14-15-12/h5-6,11H,2-4,7H2,1H3. The quantitative estimate of drug-likeness (QED) is 0.765. The van der Waals surface area contributed by atoms with E-state index in [0.29, 0.717) is 11.4 Å². The molecule has 1 aromatic heterocycles. The van der Waals surface area contributed by atoms with Gasteiger partial charge in [0.15, 0.2) is 11.6 Å². The summed E-state index contributed by atoms with van der Waals surface area (Å²) in [6, 6.07) is 3.57. The number of carbonyl (C=O) groups is 1. The van der Waals surface area contributed by atoms with Crippen LogP contribution in [0.1, 0.15) is 31.7 Å². The maximum atomic E-state index is 11.6. The van der Waals surface area contributed by atoms with Crippen LogP contribution in [0.25, 0.3) is 0 Å². The number of anilines is 1. The Balaban J connectivity index is 2.36. The maximum absolute atomic E-state index is 11.6. The van der Waals surface area contributed by atoms with Crippen LogP contribution in [0.5, 0.6) is 0 Å². The summed E-state index contributed by atoms with van der Waals surface area (Å²) < 4.78 is 0. The van der Waals surface area contributed by atoms with Crippen molar-refractivity contribution in [1.29, 1.82) is 5.26 Å². The van der Waals surface area contributed by atoms with Crippen molar-refractivity contribution < 1.29 is 4.79 Å². The Morgan fingerprint density at radius 1 is 1.59 bits per heavy atom. The summed E-state index contributed by atoms with van der Waals surface area (Å²) in [5, 5.41) is 16.9. The molecule has 88 valence electrons. The van der Waals surface area contributed by atoms with E-state index in [0.717, 1.165) is 25.8 Å². The van der Waals surface area contributed by atoms with Gasteiger partial charge in [0.2, 0.25) is 0 Å². The zero-order valence-corrected chi connectivity index (χ0v) is 9.76. The predicted molar refractivity (Wildman–Crippen MR) is 62.4 cm³/mol. The van der Waals surface area contributed by atoms with Gasteiger partial charge < -0.3 is 4.90 Å². The number of nitrogens with zero attached hydrogens (tertiary/aromatic N) is 4. The predicted octanol–water partition coefficient (Wildman–Crippen LogP) is 1.30. The van der Waals surface area contributed by atoms with Crippen LogP contribution in [-0.2, 0) is 4.79 Å². The molecule has 1 saturated heterocycles. The highest BCUT2D eigenvalue weighted by Crippen LogP contribution is 2.25. The summed E-state index contributed by atoms with van der Waals surface area (Å²) >= 11 is 0. The van der Waals surface area contributed by atoms with Crippen LogP contribution < -0.4 is 4.90 Å². The second-order valence-electron chi connectivity index (χ2n) is 4.20. The first-order chi connectivity index (χ1) is 8.24. The Hall–Kier alpha value is -1.96. The summed E-state index contributed by atoms with van der Waals surface area (Å²) in [6.45, 7) is 2.35. The zero-order chi connectivity index (χ0) is 12.3. The van der Waals surface area contributed by atoms with E-state index in [4.69, 9.17) is 5.26 Å². The minimum absolute atomic E-state index is 0.124. The Morgan fingerprint density at radius 3 is 3.12 bits per heavy atom. The normalized spacial score (nSPS) is 19.8. The molecule has 0 spiro atoms. The molecule has 5 heteroatoms. The van der Waals surface area contributed by atoms with E-state index in [9.17, 15) is 4.79 Å². The Bertz CT molecular complexity index is 466. The Morgan fingerprint density at radius 2 is 2.41 bits per heavy atom. The number of aromatic nitrogens is 2. The van der Waals surface area contributed by atoms with Crippen molar-refractivity contribution in [2.45, 2.75) is 32.2 Å². The van der Waals surface area contributed by atoms with Crippen molar-refractivity contribution in [3.63, 3.8) is 0 Å². The molecule has 1 unspecified atom stereocenters. The molecule has 0 bridgehead atoms. The summed E-state index contributed by atoms with van der Waals surface area (Å²) in [6.07, 6.45) is 4.39. The highest BCUT2D eigenvalue weighted by Gasteiger charge is 2.28. The minimum atomic E-state index is -0.160. The number of hydrogen-bond acceptors (Lipinski definition) is 5. The van der Waals surface area contributed by atoms with E-state index in [1.165, 1.54) is 6.20 Å². The molecule has 0 amide bonds. The highest BCUT2D eigenvalue weighted by molar-refractivity contribution is 5.85. The molecule has 2 heterocycles. The van der Waals surface area contributed by atoms with E-state index in [-0.39, 0.29) is 11.8 Å². The Labute approximate surface area is 100 Å². The second kappa shape index (κ2) is 4.91. The molecule has 17 heavy (non-hydrogen) atoms. The van der Waals surface area contributed by atoms with Crippen molar-refractivity contribution in [3.05, 3.63) is 17.8 Å². The molecule has 0 N–H and O–H groups in total. The molecular formula is C12H14N4O. The fourth-order valence-corrected chi connectivity index (χ4v) is 2.23. The van der Waals surface area contributed by atoms with Gasteiger partial charge in [-0.15, -0.1) is 5.10 Å². The molecule has 1 aromatic rings. The smallest absolute Gasteiger partial charge is 0.169 e. The third-order valence-electron chi connectivity index (χ3n) is 3.07. The SMILES string of the molecule is CC(=O)C1CCCCN1c1nnccc1C#N. The Kier molecular flexibility index (Phi) is 3.33. The molecule has 1 aliphatic heterocycles. The number of hydrogen-bond donors (Lipinski definition) is 0. The van der Waals surface area contributed by atoms with E-state index in [2.05, 4.69) is 16.3 Å². The lowest BCUT2D eigenvalue weighted by atomic mass is 9.99. The van der Waals surface area contributed by atoms with Gasteiger partial charge in [0.05, 0.1) is 17.8 Å². The highest BCUT2D eigenvalue weighted by atomic mass is 16.1. The number of Topliss-reactive ketones (excluding diaryl/α,β-unsaturated/α-hetero) is 1. The lowest BCUT2D eigenvalue weighted by Gasteiger charge is -2.34. The first-order valence-corrected chi connectivity index (χ1v) is 5.73. The fraction of sp³-hybridized carbons (Fsp3) is 0.500. The van der Waals surface area contributed by atoms with Crippen LogP contribution in [0.3, 0.4) is 0 Å². The number of piperidine rings is 1. The summed E-state index contributed by atoms with van der Waals surface area (Å²) in [5.41, 5.74) is 0.480. The molecule has 1 atom stereocenters. The number of nitriles is 1. The van der Waals surface area contributed by atoms with Gasteiger partial charge in [0, 0.05) is 6.54 Å². The van der Waals surface area contributed by atoms with Crippen LogP contribution in [-0.4, -0.2) is 28.6 Å². The zero-order valence-electron chi connectivity index (χ0n) is 9.76. The molecule has 0 aromatic carbocycles. The van der Waals surface area contributed by atoms with Crippen LogP contribution in [0.15, 0.2) is 12.3 Å². The first kappa shape index (κ1) is 11.5. The summed E-state index contributed by atoms with van der Waals surface area (Å²) in [7, 11) is 0. The first-order valence-electron chi connectivity index (χ1n) is 5.73. The largest absolute Gasteiger partial charge is 0.344 e. The maximum Gasteiger partial charge on any atom is 0.169 e. The molecule has 2 rings (SSSR count). The van der Waals surface area contributed by atoms with Gasteiger partial charge in [-0.1, -0.05) is 0 Å². The van der Waals surface area contributed by atoms with Crippen molar-refractivity contribution in [1.82, 2.24) is 10.2 Å². The van der Waals surface area contributed by atoms with Gasteiger partial charge in [-0.3, -0.25) is 4.79 Å². The van der Waals surface area contributed by atoms with Gasteiger partial charge in [-0.2, -0.15) is 10.4 Å². The summed E-state index contributed by atoms with van der Waals surface area (Å²) in [5.74, 6) is 0.661. The van der Waals surface area contributed by atoms with Crippen LogP contribution in [0.2, 0.25) is 0 Å². The van der Waals surface area contributed by atoms with Crippen molar-refractivity contribution in [3.8, 4) is 6.07 Å². The van der Waals surface area contributed by atoms with E-state index in [1.54, 1.807) is 13.0 Å². The van der Waals surface area contributed by atoms with Gasteiger partial charge in [-0.25, -0.2) is 0 Å². The van der Waals surface area contributed by atoms with Crippen molar-refractivity contribution in [2.75, 3.05) is 11.4 Å². The van der Waals surface area contributed by atoms with Crippen LogP contribution >= 0.6 is 0 Å². The average Bonchev–Trinajstić information content (AvgIpc) is 2.38. The number of carbonyl (C=O) groups excluding carboxylic acids is 1. The fourth-order valence-electron chi connectivity index (χ4n) is 2.23. The molecule has 0 saturated carbocycles. The summed E-state index contributed by atoms with van der Waals surface area (Å²) in [4.78, 5) is 13.5. The van der Waals surface area contributed by atoms with Gasteiger partial charge >= 0.3 is 0 Å². The third-order valence-corrected chi connectivity index (χ3v) is 3.07. The lowest BCUT2D eigenvalue weighted by Crippen LogP contribution is -2.44. The van der Waals surface area contributed by atoms with E-state index >= 15 is 0 Å².